The Kier molecular flexibility index (Phi) is 3.90. The summed E-state index contributed by atoms with van der Waals surface area (Å²) in [6.07, 6.45) is -10.5. The van der Waals surface area contributed by atoms with Crippen molar-refractivity contribution in [1.82, 2.24) is 9.78 Å². The molecule has 1 heterocycles. The highest BCUT2D eigenvalue weighted by Gasteiger charge is 2.39. The van der Waals surface area contributed by atoms with Gasteiger partial charge in [-0.2, -0.15) is 31.4 Å². The summed E-state index contributed by atoms with van der Waals surface area (Å²) in [5.41, 5.74) is -1.50. The molecule has 0 spiro atoms. The second kappa shape index (κ2) is 4.64. The van der Waals surface area contributed by atoms with Crippen molar-refractivity contribution < 1.29 is 26.3 Å². The second-order valence-corrected chi connectivity index (χ2v) is 4.24. The SMILES string of the molecule is Cc1c(Cl)c(C(F)(F)F)nn1C(C)CC(F)(F)F. The summed E-state index contributed by atoms with van der Waals surface area (Å²) in [6.45, 7) is 2.32. The fourth-order valence-electron chi connectivity index (χ4n) is 1.53. The van der Waals surface area contributed by atoms with Gasteiger partial charge in [-0.15, -0.1) is 0 Å². The summed E-state index contributed by atoms with van der Waals surface area (Å²) >= 11 is 5.43. The first kappa shape index (κ1) is 15.1. The van der Waals surface area contributed by atoms with E-state index in [0.717, 1.165) is 6.92 Å². The summed E-state index contributed by atoms with van der Waals surface area (Å²) in [4.78, 5) is 0. The lowest BCUT2D eigenvalue weighted by Crippen LogP contribution is -2.19. The van der Waals surface area contributed by atoms with Gasteiger partial charge in [0, 0.05) is 0 Å². The number of hydrogen-bond donors (Lipinski definition) is 0. The molecule has 0 radical (unpaired) electrons. The molecule has 0 aliphatic heterocycles. The van der Waals surface area contributed by atoms with Crippen molar-refractivity contribution in [1.29, 1.82) is 0 Å². The third-order valence-electron chi connectivity index (χ3n) is 2.29. The Balaban J connectivity index is 3.12. The predicted octanol–water partition coefficient (Wildman–Crippen LogP) is 4.38. The molecule has 0 bridgehead atoms. The van der Waals surface area contributed by atoms with Gasteiger partial charge in [-0.05, 0) is 13.8 Å². The molecule has 0 amide bonds. The fraction of sp³-hybridized carbons (Fsp3) is 0.667. The molecule has 2 nitrogen and oxygen atoms in total. The minimum absolute atomic E-state index is 0.138. The van der Waals surface area contributed by atoms with Crippen LogP contribution in [0.15, 0.2) is 0 Å². The molecular formula is C9H9ClF6N2. The van der Waals surface area contributed by atoms with Gasteiger partial charge in [-0.1, -0.05) is 11.6 Å². The molecule has 0 aliphatic rings. The van der Waals surface area contributed by atoms with E-state index < -0.39 is 35.5 Å². The molecule has 104 valence electrons. The van der Waals surface area contributed by atoms with Crippen molar-refractivity contribution >= 4 is 11.6 Å². The molecule has 0 saturated carbocycles. The summed E-state index contributed by atoms with van der Waals surface area (Å²) in [5.74, 6) is 0. The molecule has 1 unspecified atom stereocenters. The van der Waals surface area contributed by atoms with Crippen molar-refractivity contribution in [2.24, 2.45) is 0 Å². The Labute approximate surface area is 104 Å². The van der Waals surface area contributed by atoms with Crippen molar-refractivity contribution in [2.75, 3.05) is 0 Å². The van der Waals surface area contributed by atoms with Crippen LogP contribution in [0.3, 0.4) is 0 Å². The van der Waals surface area contributed by atoms with Gasteiger partial charge in [-0.3, -0.25) is 4.68 Å². The van der Waals surface area contributed by atoms with Crippen LogP contribution in [0.2, 0.25) is 5.02 Å². The quantitative estimate of drug-likeness (QED) is 0.740. The topological polar surface area (TPSA) is 17.8 Å². The van der Waals surface area contributed by atoms with Crippen LogP contribution in [0.1, 0.15) is 30.8 Å². The molecule has 0 fully saturated rings. The van der Waals surface area contributed by atoms with Crippen LogP contribution in [-0.2, 0) is 6.18 Å². The molecule has 0 N–H and O–H groups in total. The average molecular weight is 295 g/mol. The zero-order chi connectivity index (χ0) is 14.3. The average Bonchev–Trinajstić information content (AvgIpc) is 2.40. The zero-order valence-corrected chi connectivity index (χ0v) is 10.1. The smallest absolute Gasteiger partial charge is 0.265 e. The summed E-state index contributed by atoms with van der Waals surface area (Å²) in [7, 11) is 0. The van der Waals surface area contributed by atoms with Gasteiger partial charge >= 0.3 is 12.4 Å². The zero-order valence-electron chi connectivity index (χ0n) is 9.32. The molecule has 1 atom stereocenters. The van der Waals surface area contributed by atoms with Gasteiger partial charge in [0.2, 0.25) is 0 Å². The normalized spacial score (nSPS) is 14.9. The van der Waals surface area contributed by atoms with Crippen LogP contribution in [0.4, 0.5) is 26.3 Å². The fourth-order valence-corrected chi connectivity index (χ4v) is 1.76. The van der Waals surface area contributed by atoms with E-state index in [1.54, 1.807) is 0 Å². The third kappa shape index (κ3) is 3.30. The van der Waals surface area contributed by atoms with Crippen molar-refractivity contribution in [3.8, 4) is 0 Å². The summed E-state index contributed by atoms with van der Waals surface area (Å²) < 4.78 is 74.5. The number of hydrogen-bond acceptors (Lipinski definition) is 1. The lowest BCUT2D eigenvalue weighted by atomic mass is 10.2. The van der Waals surface area contributed by atoms with Crippen molar-refractivity contribution in [2.45, 2.75) is 38.7 Å². The van der Waals surface area contributed by atoms with Gasteiger partial charge < -0.3 is 0 Å². The van der Waals surface area contributed by atoms with Crippen LogP contribution in [-0.4, -0.2) is 16.0 Å². The van der Waals surface area contributed by atoms with E-state index in [0.29, 0.717) is 4.68 Å². The standard InChI is InChI=1S/C9H9ClF6N2/c1-4(3-8(11,12)13)18-5(2)6(10)7(17-18)9(14,15)16/h4H,3H2,1-2H3. The minimum atomic E-state index is -4.79. The van der Waals surface area contributed by atoms with E-state index in [-0.39, 0.29) is 5.69 Å². The van der Waals surface area contributed by atoms with Crippen molar-refractivity contribution in [3.05, 3.63) is 16.4 Å². The second-order valence-electron chi connectivity index (χ2n) is 3.86. The van der Waals surface area contributed by atoms with E-state index in [1.165, 1.54) is 6.92 Å². The Morgan fingerprint density at radius 1 is 1.22 bits per heavy atom. The highest BCUT2D eigenvalue weighted by atomic mass is 35.5. The number of aromatic nitrogens is 2. The van der Waals surface area contributed by atoms with E-state index in [4.69, 9.17) is 11.6 Å². The molecule has 1 aromatic rings. The molecular weight excluding hydrogens is 286 g/mol. The minimum Gasteiger partial charge on any atom is -0.265 e. The van der Waals surface area contributed by atoms with Crippen LogP contribution in [0, 0.1) is 6.92 Å². The van der Waals surface area contributed by atoms with Gasteiger partial charge in [0.25, 0.3) is 0 Å². The van der Waals surface area contributed by atoms with E-state index >= 15 is 0 Å². The highest BCUT2D eigenvalue weighted by Crippen LogP contribution is 2.37. The lowest BCUT2D eigenvalue weighted by Gasteiger charge is -2.16. The maximum Gasteiger partial charge on any atom is 0.436 e. The van der Waals surface area contributed by atoms with E-state index in [1.807, 2.05) is 0 Å². The molecule has 0 saturated heterocycles. The number of rotatable bonds is 2. The number of nitrogens with zero attached hydrogens (tertiary/aromatic N) is 2. The van der Waals surface area contributed by atoms with Gasteiger partial charge in [0.1, 0.15) is 0 Å². The summed E-state index contributed by atoms with van der Waals surface area (Å²) in [5, 5.41) is 2.45. The third-order valence-corrected chi connectivity index (χ3v) is 2.74. The highest BCUT2D eigenvalue weighted by molar-refractivity contribution is 6.31. The number of halogens is 7. The first-order valence-electron chi connectivity index (χ1n) is 4.82. The van der Waals surface area contributed by atoms with E-state index in [2.05, 4.69) is 5.10 Å². The Hall–Kier alpha value is -0.920. The monoisotopic (exact) mass is 294 g/mol. The van der Waals surface area contributed by atoms with Gasteiger partial charge in [-0.25, -0.2) is 0 Å². The molecule has 18 heavy (non-hydrogen) atoms. The first-order valence-corrected chi connectivity index (χ1v) is 5.20. The van der Waals surface area contributed by atoms with E-state index in [9.17, 15) is 26.3 Å². The maximum atomic E-state index is 12.5. The summed E-state index contributed by atoms with van der Waals surface area (Å²) in [6, 6.07) is -1.25. The largest absolute Gasteiger partial charge is 0.436 e. The maximum absolute atomic E-state index is 12.5. The molecule has 1 rings (SSSR count). The van der Waals surface area contributed by atoms with Crippen molar-refractivity contribution in [3.63, 3.8) is 0 Å². The Bertz CT molecular complexity index is 433. The van der Waals surface area contributed by atoms with Gasteiger partial charge in [0.05, 0.1) is 23.2 Å². The van der Waals surface area contributed by atoms with Crippen LogP contribution < -0.4 is 0 Å². The molecule has 9 heteroatoms. The van der Waals surface area contributed by atoms with Crippen LogP contribution in [0.25, 0.3) is 0 Å². The molecule has 1 aromatic heterocycles. The molecule has 0 aromatic carbocycles. The van der Waals surface area contributed by atoms with Gasteiger partial charge in [0.15, 0.2) is 5.69 Å². The first-order chi connectivity index (χ1) is 7.93. The Morgan fingerprint density at radius 2 is 1.72 bits per heavy atom. The van der Waals surface area contributed by atoms with Crippen LogP contribution >= 0.6 is 11.6 Å². The Morgan fingerprint density at radius 3 is 2.06 bits per heavy atom. The lowest BCUT2D eigenvalue weighted by molar-refractivity contribution is -0.144. The van der Waals surface area contributed by atoms with Crippen LogP contribution in [0.5, 0.6) is 0 Å². The molecule has 0 aliphatic carbocycles. The predicted molar refractivity (Wildman–Crippen MR) is 52.4 cm³/mol. The number of alkyl halides is 6.